The number of carbonyl (C=O) groups excluding carboxylic acids is 1. The van der Waals surface area contributed by atoms with E-state index in [0.29, 0.717) is 55.5 Å². The van der Waals surface area contributed by atoms with Crippen molar-refractivity contribution in [3.05, 3.63) is 47.5 Å². The molecule has 0 aromatic heterocycles. The molecule has 2 aromatic carbocycles. The third-order valence-corrected chi connectivity index (χ3v) is 8.17. The Morgan fingerprint density at radius 3 is 2.31 bits per heavy atom. The molecule has 3 rings (SSSR count). The van der Waals surface area contributed by atoms with Crippen LogP contribution < -0.4 is 19.5 Å². The number of hydrogen-bond donors (Lipinski definition) is 1. The topological polar surface area (TPSA) is 94.2 Å². The minimum absolute atomic E-state index is 0.138. The monoisotopic (exact) mass is 518 g/mol. The summed E-state index contributed by atoms with van der Waals surface area (Å²) in [7, 11) is -2.02. The number of carbonyl (C=O) groups is 1. The molecular formula is C27H38N2O6S. The van der Waals surface area contributed by atoms with E-state index in [2.05, 4.69) is 5.32 Å². The third kappa shape index (κ3) is 6.91. The van der Waals surface area contributed by atoms with Crippen LogP contribution >= 0.6 is 0 Å². The minimum Gasteiger partial charge on any atom is -0.496 e. The number of ether oxygens (including phenoxy) is 3. The van der Waals surface area contributed by atoms with Gasteiger partial charge in [0.2, 0.25) is 15.9 Å². The van der Waals surface area contributed by atoms with Gasteiger partial charge in [0.1, 0.15) is 5.75 Å². The summed E-state index contributed by atoms with van der Waals surface area (Å²) in [6.45, 7) is 7.88. The Balaban J connectivity index is 1.67. The molecular weight excluding hydrogens is 480 g/mol. The molecule has 1 aliphatic rings. The van der Waals surface area contributed by atoms with E-state index in [4.69, 9.17) is 14.2 Å². The van der Waals surface area contributed by atoms with E-state index in [1.165, 1.54) is 0 Å². The average molecular weight is 519 g/mol. The first kappa shape index (κ1) is 27.8. The molecule has 0 spiro atoms. The van der Waals surface area contributed by atoms with E-state index in [0.717, 1.165) is 24.8 Å². The summed E-state index contributed by atoms with van der Waals surface area (Å²) in [5.41, 5.74) is 1.60. The highest BCUT2D eigenvalue weighted by molar-refractivity contribution is 7.89. The predicted octanol–water partition coefficient (Wildman–Crippen LogP) is 4.48. The maximum Gasteiger partial charge on any atom is 0.243 e. The molecule has 1 amide bonds. The van der Waals surface area contributed by atoms with Crippen LogP contribution in [0.5, 0.6) is 17.2 Å². The number of nitrogens with one attached hydrogen (secondary N) is 1. The van der Waals surface area contributed by atoms with Crippen molar-refractivity contribution in [2.75, 3.05) is 33.4 Å². The molecule has 0 bridgehead atoms. The molecule has 1 fully saturated rings. The van der Waals surface area contributed by atoms with Crippen molar-refractivity contribution in [1.29, 1.82) is 0 Å². The molecule has 1 aliphatic heterocycles. The zero-order valence-corrected chi connectivity index (χ0v) is 22.5. The molecule has 198 valence electrons. The molecule has 9 heteroatoms. The standard InChI is InChI=1S/C27H38N2O6S/c1-5-34-25-13-10-21(19-26(25)35-6-2)20(3)28-27(30)15-11-22-18-23(12-14-24(22)33-4)36(31,32)29-16-8-7-9-17-29/h10,12-14,18-20H,5-9,11,15-17H2,1-4H3,(H,28,30)/t20-/m1/s1. The number of aryl methyl sites for hydroxylation is 1. The number of benzene rings is 2. The van der Waals surface area contributed by atoms with Gasteiger partial charge < -0.3 is 19.5 Å². The lowest BCUT2D eigenvalue weighted by atomic mass is 10.1. The summed E-state index contributed by atoms with van der Waals surface area (Å²) in [5, 5.41) is 3.02. The second-order valence-corrected chi connectivity index (χ2v) is 10.7. The van der Waals surface area contributed by atoms with Gasteiger partial charge in [-0.2, -0.15) is 4.31 Å². The van der Waals surface area contributed by atoms with E-state index in [1.54, 1.807) is 29.6 Å². The molecule has 1 atom stereocenters. The van der Waals surface area contributed by atoms with Gasteiger partial charge in [-0.1, -0.05) is 12.5 Å². The second kappa shape index (κ2) is 13.0. The Labute approximate surface area is 215 Å². The van der Waals surface area contributed by atoms with Crippen molar-refractivity contribution in [2.45, 2.75) is 63.8 Å². The normalized spacial score (nSPS) is 15.2. The zero-order valence-electron chi connectivity index (χ0n) is 21.7. The van der Waals surface area contributed by atoms with E-state index < -0.39 is 10.0 Å². The van der Waals surface area contributed by atoms with Crippen molar-refractivity contribution in [3.63, 3.8) is 0 Å². The van der Waals surface area contributed by atoms with Crippen LogP contribution in [-0.4, -0.2) is 52.0 Å². The van der Waals surface area contributed by atoms with Gasteiger partial charge in [0.05, 0.1) is 31.3 Å². The first-order valence-corrected chi connectivity index (χ1v) is 14.1. The van der Waals surface area contributed by atoms with Gasteiger partial charge in [-0.25, -0.2) is 8.42 Å². The van der Waals surface area contributed by atoms with Gasteiger partial charge in [0.15, 0.2) is 11.5 Å². The Kier molecular flexibility index (Phi) is 10.0. The average Bonchev–Trinajstić information content (AvgIpc) is 2.89. The van der Waals surface area contributed by atoms with Crippen LogP contribution in [0.25, 0.3) is 0 Å². The Morgan fingerprint density at radius 1 is 0.972 bits per heavy atom. The van der Waals surface area contributed by atoms with Crippen molar-refractivity contribution in [3.8, 4) is 17.2 Å². The maximum absolute atomic E-state index is 13.1. The number of piperidine rings is 1. The summed E-state index contributed by atoms with van der Waals surface area (Å²) in [4.78, 5) is 13.0. The summed E-state index contributed by atoms with van der Waals surface area (Å²) in [5.74, 6) is 1.75. The summed E-state index contributed by atoms with van der Waals surface area (Å²) < 4.78 is 44.5. The molecule has 36 heavy (non-hydrogen) atoms. The van der Waals surface area contributed by atoms with Crippen molar-refractivity contribution < 1.29 is 27.4 Å². The molecule has 1 saturated heterocycles. The number of amides is 1. The van der Waals surface area contributed by atoms with E-state index in [-0.39, 0.29) is 23.3 Å². The first-order valence-electron chi connectivity index (χ1n) is 12.7. The quantitative estimate of drug-likeness (QED) is 0.445. The van der Waals surface area contributed by atoms with Crippen molar-refractivity contribution in [1.82, 2.24) is 9.62 Å². The van der Waals surface area contributed by atoms with Gasteiger partial charge in [0, 0.05) is 19.5 Å². The second-order valence-electron chi connectivity index (χ2n) is 8.80. The van der Waals surface area contributed by atoms with Crippen molar-refractivity contribution in [2.24, 2.45) is 0 Å². The van der Waals surface area contributed by atoms with Gasteiger partial charge in [0.25, 0.3) is 0 Å². The number of nitrogens with zero attached hydrogens (tertiary/aromatic N) is 1. The minimum atomic E-state index is -3.56. The number of methoxy groups -OCH3 is 1. The first-order chi connectivity index (χ1) is 17.3. The van der Waals surface area contributed by atoms with E-state index in [9.17, 15) is 13.2 Å². The third-order valence-electron chi connectivity index (χ3n) is 6.27. The molecule has 1 heterocycles. The molecule has 1 N–H and O–H groups in total. The molecule has 0 unspecified atom stereocenters. The lowest BCUT2D eigenvalue weighted by Gasteiger charge is -2.26. The molecule has 8 nitrogen and oxygen atoms in total. The molecule has 0 aliphatic carbocycles. The lowest BCUT2D eigenvalue weighted by molar-refractivity contribution is -0.121. The van der Waals surface area contributed by atoms with Crippen LogP contribution in [0.4, 0.5) is 0 Å². The number of hydrogen-bond acceptors (Lipinski definition) is 6. The Bertz CT molecular complexity index is 1130. The fourth-order valence-corrected chi connectivity index (χ4v) is 5.92. The summed E-state index contributed by atoms with van der Waals surface area (Å²) >= 11 is 0. The Morgan fingerprint density at radius 2 is 1.64 bits per heavy atom. The Hall–Kier alpha value is -2.78. The van der Waals surface area contributed by atoms with Crippen LogP contribution in [0, 0.1) is 0 Å². The van der Waals surface area contributed by atoms with E-state index >= 15 is 0 Å². The van der Waals surface area contributed by atoms with Gasteiger partial charge in [-0.15, -0.1) is 0 Å². The van der Waals surface area contributed by atoms with Gasteiger partial charge >= 0.3 is 0 Å². The SMILES string of the molecule is CCOc1ccc([C@@H](C)NC(=O)CCc2cc(S(=O)(=O)N3CCCCC3)ccc2OC)cc1OCC. The van der Waals surface area contributed by atoms with Crippen molar-refractivity contribution >= 4 is 15.9 Å². The van der Waals surface area contributed by atoms with E-state index in [1.807, 2.05) is 39.0 Å². The molecule has 2 aromatic rings. The highest BCUT2D eigenvalue weighted by Crippen LogP contribution is 2.31. The summed E-state index contributed by atoms with van der Waals surface area (Å²) in [6.07, 6.45) is 3.36. The van der Waals surface area contributed by atoms with Crippen LogP contribution in [0.3, 0.4) is 0 Å². The smallest absolute Gasteiger partial charge is 0.243 e. The summed E-state index contributed by atoms with van der Waals surface area (Å²) in [6, 6.07) is 10.3. The van der Waals surface area contributed by atoms with Crippen LogP contribution in [0.15, 0.2) is 41.3 Å². The number of sulfonamides is 1. The molecule has 0 saturated carbocycles. The highest BCUT2D eigenvalue weighted by atomic mass is 32.2. The van der Waals surface area contributed by atoms with Crippen LogP contribution in [0.1, 0.15) is 63.6 Å². The maximum atomic E-state index is 13.1. The fraction of sp³-hybridized carbons (Fsp3) is 0.519. The zero-order chi connectivity index (χ0) is 26.1. The van der Waals surface area contributed by atoms with Gasteiger partial charge in [-0.3, -0.25) is 4.79 Å². The predicted molar refractivity (Wildman–Crippen MR) is 139 cm³/mol. The number of rotatable bonds is 12. The highest BCUT2D eigenvalue weighted by Gasteiger charge is 2.26. The fourth-order valence-electron chi connectivity index (χ4n) is 4.35. The lowest BCUT2D eigenvalue weighted by Crippen LogP contribution is -2.35. The van der Waals surface area contributed by atoms with Crippen LogP contribution in [0.2, 0.25) is 0 Å². The molecule has 0 radical (unpaired) electrons. The largest absolute Gasteiger partial charge is 0.496 e. The van der Waals surface area contributed by atoms with Gasteiger partial charge in [-0.05, 0) is 81.5 Å². The van der Waals surface area contributed by atoms with Crippen LogP contribution in [-0.2, 0) is 21.2 Å².